The first-order valence-corrected chi connectivity index (χ1v) is 7.92. The van der Waals surface area contributed by atoms with Crippen LogP contribution in [0.25, 0.3) is 0 Å². The molecule has 1 atom stereocenters. The summed E-state index contributed by atoms with van der Waals surface area (Å²) in [6, 6.07) is 7.41. The summed E-state index contributed by atoms with van der Waals surface area (Å²) < 4.78 is 14.1. The van der Waals surface area contributed by atoms with Crippen LogP contribution in [-0.4, -0.2) is 6.54 Å². The van der Waals surface area contributed by atoms with Gasteiger partial charge in [-0.3, -0.25) is 0 Å². The van der Waals surface area contributed by atoms with Crippen molar-refractivity contribution in [2.75, 3.05) is 6.54 Å². The summed E-state index contributed by atoms with van der Waals surface area (Å²) in [7, 11) is 0. The first-order chi connectivity index (χ1) is 8.70. The highest BCUT2D eigenvalue weighted by Crippen LogP contribution is 2.25. The summed E-state index contributed by atoms with van der Waals surface area (Å²) in [5.74, 6) is -0.172. The highest BCUT2D eigenvalue weighted by Gasteiger charge is 2.14. The second kappa shape index (κ2) is 6.63. The van der Waals surface area contributed by atoms with Crippen molar-refractivity contribution in [2.45, 2.75) is 19.4 Å². The summed E-state index contributed by atoms with van der Waals surface area (Å²) in [6.07, 6.45) is 0.943. The SMILES string of the molecule is CCNC(Cc1ccsc1)c1ccc(F)cc1I. The van der Waals surface area contributed by atoms with Crippen LogP contribution in [0.1, 0.15) is 24.1 Å². The number of halogens is 2. The van der Waals surface area contributed by atoms with Gasteiger partial charge in [0.25, 0.3) is 0 Å². The minimum atomic E-state index is -0.172. The van der Waals surface area contributed by atoms with Gasteiger partial charge in [0.15, 0.2) is 0 Å². The molecule has 1 heterocycles. The maximum absolute atomic E-state index is 13.2. The zero-order valence-corrected chi connectivity index (χ0v) is 13.1. The number of thiophene rings is 1. The van der Waals surface area contributed by atoms with Crippen LogP contribution in [0.5, 0.6) is 0 Å². The number of rotatable bonds is 5. The van der Waals surface area contributed by atoms with E-state index in [0.29, 0.717) is 0 Å². The molecule has 1 aromatic heterocycles. The fraction of sp³-hybridized carbons (Fsp3) is 0.286. The summed E-state index contributed by atoms with van der Waals surface area (Å²) in [6.45, 7) is 3.00. The second-order valence-electron chi connectivity index (χ2n) is 4.11. The summed E-state index contributed by atoms with van der Waals surface area (Å²) in [5, 5.41) is 7.73. The lowest BCUT2D eigenvalue weighted by Crippen LogP contribution is -2.23. The molecule has 2 rings (SSSR count). The molecule has 0 amide bonds. The number of likely N-dealkylation sites (N-methyl/N-ethyl adjacent to an activating group) is 1. The van der Waals surface area contributed by atoms with Crippen molar-refractivity contribution in [3.05, 3.63) is 55.5 Å². The average molecular weight is 375 g/mol. The molecule has 1 N–H and O–H groups in total. The third kappa shape index (κ3) is 3.52. The van der Waals surface area contributed by atoms with E-state index in [1.807, 2.05) is 6.07 Å². The maximum Gasteiger partial charge on any atom is 0.124 e. The lowest BCUT2D eigenvalue weighted by atomic mass is 10.0. The van der Waals surface area contributed by atoms with Gasteiger partial charge < -0.3 is 5.32 Å². The highest BCUT2D eigenvalue weighted by atomic mass is 127. The predicted molar refractivity (Wildman–Crippen MR) is 83.6 cm³/mol. The smallest absolute Gasteiger partial charge is 0.124 e. The Morgan fingerprint density at radius 3 is 2.83 bits per heavy atom. The number of nitrogens with one attached hydrogen (secondary N) is 1. The molecule has 0 saturated heterocycles. The third-order valence-electron chi connectivity index (χ3n) is 2.81. The van der Waals surface area contributed by atoms with Crippen LogP contribution in [0.15, 0.2) is 35.0 Å². The quantitative estimate of drug-likeness (QED) is 0.765. The Hall–Kier alpha value is -0.460. The minimum absolute atomic E-state index is 0.172. The van der Waals surface area contributed by atoms with Crippen molar-refractivity contribution >= 4 is 33.9 Å². The fourth-order valence-corrected chi connectivity index (χ4v) is 3.50. The average Bonchev–Trinajstić information content (AvgIpc) is 2.81. The first kappa shape index (κ1) is 14.0. The van der Waals surface area contributed by atoms with Crippen LogP contribution in [-0.2, 0) is 6.42 Å². The van der Waals surface area contributed by atoms with E-state index in [1.165, 1.54) is 17.2 Å². The van der Waals surface area contributed by atoms with Crippen LogP contribution in [0.4, 0.5) is 4.39 Å². The van der Waals surface area contributed by atoms with Crippen molar-refractivity contribution in [1.82, 2.24) is 5.32 Å². The van der Waals surface area contributed by atoms with Gasteiger partial charge in [0.1, 0.15) is 5.82 Å². The number of hydrogen-bond donors (Lipinski definition) is 1. The molecule has 1 nitrogen and oxygen atoms in total. The van der Waals surface area contributed by atoms with Gasteiger partial charge in [0.05, 0.1) is 0 Å². The van der Waals surface area contributed by atoms with E-state index in [9.17, 15) is 4.39 Å². The van der Waals surface area contributed by atoms with Crippen LogP contribution < -0.4 is 5.32 Å². The fourth-order valence-electron chi connectivity index (χ4n) is 1.97. The lowest BCUT2D eigenvalue weighted by Gasteiger charge is -2.19. The normalized spacial score (nSPS) is 12.6. The van der Waals surface area contributed by atoms with Gasteiger partial charge in [-0.1, -0.05) is 13.0 Å². The van der Waals surface area contributed by atoms with Crippen molar-refractivity contribution in [3.8, 4) is 0 Å². The molecular formula is C14H15FINS. The van der Waals surface area contributed by atoms with Gasteiger partial charge in [0.2, 0.25) is 0 Å². The van der Waals surface area contributed by atoms with Gasteiger partial charge in [0, 0.05) is 9.61 Å². The molecule has 1 unspecified atom stereocenters. The number of benzene rings is 1. The lowest BCUT2D eigenvalue weighted by molar-refractivity contribution is 0.545. The zero-order valence-electron chi connectivity index (χ0n) is 10.1. The Morgan fingerprint density at radius 1 is 1.39 bits per heavy atom. The maximum atomic E-state index is 13.2. The van der Waals surface area contributed by atoms with E-state index in [2.05, 4.69) is 51.7 Å². The van der Waals surface area contributed by atoms with Crippen LogP contribution in [0.3, 0.4) is 0 Å². The van der Waals surface area contributed by atoms with Gasteiger partial charge in [-0.15, -0.1) is 0 Å². The van der Waals surface area contributed by atoms with Gasteiger partial charge >= 0.3 is 0 Å². The van der Waals surface area contributed by atoms with Gasteiger partial charge in [-0.25, -0.2) is 4.39 Å². The summed E-state index contributed by atoms with van der Waals surface area (Å²) in [4.78, 5) is 0. The molecule has 96 valence electrons. The molecule has 0 saturated carbocycles. The Bertz CT molecular complexity index is 499. The number of hydrogen-bond acceptors (Lipinski definition) is 2. The molecule has 0 spiro atoms. The third-order valence-corrected chi connectivity index (χ3v) is 4.47. The molecule has 0 aliphatic heterocycles. The molecule has 0 radical (unpaired) electrons. The molecule has 0 aliphatic rings. The first-order valence-electron chi connectivity index (χ1n) is 5.90. The van der Waals surface area contributed by atoms with E-state index in [-0.39, 0.29) is 11.9 Å². The largest absolute Gasteiger partial charge is 0.310 e. The molecule has 4 heteroatoms. The van der Waals surface area contributed by atoms with E-state index >= 15 is 0 Å². The topological polar surface area (TPSA) is 12.0 Å². The van der Waals surface area contributed by atoms with Gasteiger partial charge in [-0.05, 0) is 75.6 Å². The Kier molecular flexibility index (Phi) is 5.14. The molecule has 0 fully saturated rings. The van der Waals surface area contributed by atoms with E-state index < -0.39 is 0 Å². The summed E-state index contributed by atoms with van der Waals surface area (Å²) in [5.41, 5.74) is 2.50. The van der Waals surface area contributed by atoms with E-state index in [4.69, 9.17) is 0 Å². The molecule has 0 aliphatic carbocycles. The standard InChI is InChI=1S/C14H15FINS/c1-2-17-14(7-10-5-6-18-9-10)12-4-3-11(15)8-13(12)16/h3-6,8-9,14,17H,2,7H2,1H3. The van der Waals surface area contributed by atoms with E-state index in [1.54, 1.807) is 17.4 Å². The highest BCUT2D eigenvalue weighted by molar-refractivity contribution is 14.1. The van der Waals surface area contributed by atoms with Crippen molar-refractivity contribution in [1.29, 1.82) is 0 Å². The Balaban J connectivity index is 2.23. The predicted octanol–water partition coefficient (Wildman–Crippen LogP) is 4.39. The minimum Gasteiger partial charge on any atom is -0.310 e. The van der Waals surface area contributed by atoms with Crippen molar-refractivity contribution in [3.63, 3.8) is 0 Å². The van der Waals surface area contributed by atoms with Gasteiger partial charge in [-0.2, -0.15) is 11.3 Å². The van der Waals surface area contributed by atoms with Crippen LogP contribution >= 0.6 is 33.9 Å². The molecule has 0 bridgehead atoms. The molecule has 2 aromatic rings. The summed E-state index contributed by atoms with van der Waals surface area (Å²) >= 11 is 3.92. The monoisotopic (exact) mass is 375 g/mol. The van der Waals surface area contributed by atoms with E-state index in [0.717, 1.165) is 16.5 Å². The Labute approximate surface area is 125 Å². The molecule has 1 aromatic carbocycles. The Morgan fingerprint density at radius 2 is 2.22 bits per heavy atom. The zero-order chi connectivity index (χ0) is 13.0. The second-order valence-corrected chi connectivity index (χ2v) is 6.05. The van der Waals surface area contributed by atoms with Crippen molar-refractivity contribution in [2.24, 2.45) is 0 Å². The molecule has 18 heavy (non-hydrogen) atoms. The van der Waals surface area contributed by atoms with Crippen LogP contribution in [0, 0.1) is 9.39 Å². The van der Waals surface area contributed by atoms with Crippen molar-refractivity contribution < 1.29 is 4.39 Å². The van der Waals surface area contributed by atoms with Crippen LogP contribution in [0.2, 0.25) is 0 Å². The molecular weight excluding hydrogens is 360 g/mol.